The molecule has 0 aromatic carbocycles. The number of guanidine groups is 1. The van der Waals surface area contributed by atoms with E-state index in [0.717, 1.165) is 37.6 Å². The number of nitrogens with one attached hydrogen (secondary N) is 2. The minimum absolute atomic E-state index is 0. The highest BCUT2D eigenvalue weighted by Gasteiger charge is 2.03. The SMILES string of the molecule is CCNC(=NCc1ccnn1C)NCCCc1nc(C)no1.I. The second-order valence-electron chi connectivity index (χ2n) is 4.91. The van der Waals surface area contributed by atoms with E-state index in [2.05, 4.69) is 30.9 Å². The molecule has 8 nitrogen and oxygen atoms in total. The van der Waals surface area contributed by atoms with Gasteiger partial charge in [0, 0.05) is 32.8 Å². The molecule has 2 heterocycles. The van der Waals surface area contributed by atoms with Gasteiger partial charge in [0.05, 0.1) is 12.2 Å². The van der Waals surface area contributed by atoms with Crippen molar-refractivity contribution in [3.8, 4) is 0 Å². The van der Waals surface area contributed by atoms with E-state index in [1.165, 1.54) is 0 Å². The maximum atomic E-state index is 5.08. The van der Waals surface area contributed by atoms with E-state index in [9.17, 15) is 0 Å². The van der Waals surface area contributed by atoms with E-state index in [1.807, 2.05) is 31.6 Å². The Morgan fingerprint density at radius 1 is 1.39 bits per heavy atom. The van der Waals surface area contributed by atoms with E-state index in [-0.39, 0.29) is 24.0 Å². The minimum Gasteiger partial charge on any atom is -0.357 e. The van der Waals surface area contributed by atoms with Crippen molar-refractivity contribution in [1.29, 1.82) is 0 Å². The quantitative estimate of drug-likeness (QED) is 0.297. The summed E-state index contributed by atoms with van der Waals surface area (Å²) >= 11 is 0. The molecule has 2 aromatic rings. The Bertz CT molecular complexity index is 608. The number of halogens is 1. The van der Waals surface area contributed by atoms with Crippen LogP contribution in [0.2, 0.25) is 0 Å². The Kier molecular flexibility index (Phi) is 8.59. The maximum absolute atomic E-state index is 5.08. The van der Waals surface area contributed by atoms with Crippen LogP contribution in [0.4, 0.5) is 0 Å². The molecule has 0 spiro atoms. The van der Waals surface area contributed by atoms with E-state index in [0.29, 0.717) is 18.3 Å². The Balaban J connectivity index is 0.00000264. The summed E-state index contributed by atoms with van der Waals surface area (Å²) in [6.07, 6.45) is 3.43. The lowest BCUT2D eigenvalue weighted by atomic mass is 10.3. The molecule has 2 rings (SSSR count). The fraction of sp³-hybridized carbons (Fsp3) is 0.571. The summed E-state index contributed by atoms with van der Waals surface area (Å²) in [4.78, 5) is 8.73. The molecule has 0 aliphatic rings. The molecule has 0 bridgehead atoms. The van der Waals surface area contributed by atoms with Crippen LogP contribution in [0, 0.1) is 6.92 Å². The molecular formula is C14H24IN7O. The van der Waals surface area contributed by atoms with E-state index in [4.69, 9.17) is 4.52 Å². The van der Waals surface area contributed by atoms with Crippen molar-refractivity contribution in [2.75, 3.05) is 13.1 Å². The summed E-state index contributed by atoms with van der Waals surface area (Å²) in [5.74, 6) is 2.15. The predicted octanol–water partition coefficient (Wildman–Crippen LogP) is 1.42. The van der Waals surface area contributed by atoms with E-state index < -0.39 is 0 Å². The molecule has 0 unspecified atom stereocenters. The molecule has 0 saturated heterocycles. The molecule has 0 aliphatic heterocycles. The van der Waals surface area contributed by atoms with E-state index in [1.54, 1.807) is 6.20 Å². The summed E-state index contributed by atoms with van der Waals surface area (Å²) in [6, 6.07) is 1.96. The van der Waals surface area contributed by atoms with Crippen molar-refractivity contribution in [2.45, 2.75) is 33.2 Å². The summed E-state index contributed by atoms with van der Waals surface area (Å²) in [5, 5.41) is 14.4. The highest BCUT2D eigenvalue weighted by molar-refractivity contribution is 14.0. The van der Waals surface area contributed by atoms with Crippen molar-refractivity contribution in [1.82, 2.24) is 30.6 Å². The molecule has 0 saturated carbocycles. The molecule has 0 aliphatic carbocycles. The van der Waals surface area contributed by atoms with Crippen molar-refractivity contribution in [3.05, 3.63) is 29.7 Å². The number of aryl methyl sites for hydroxylation is 3. The lowest BCUT2D eigenvalue weighted by Gasteiger charge is -2.10. The molecule has 9 heteroatoms. The van der Waals surface area contributed by atoms with Gasteiger partial charge in [0.15, 0.2) is 11.8 Å². The van der Waals surface area contributed by atoms with Gasteiger partial charge in [0.2, 0.25) is 5.89 Å². The number of rotatable bonds is 7. The van der Waals surface area contributed by atoms with Gasteiger partial charge in [-0.2, -0.15) is 10.1 Å². The smallest absolute Gasteiger partial charge is 0.226 e. The zero-order valence-corrected chi connectivity index (χ0v) is 16.1. The zero-order valence-electron chi connectivity index (χ0n) is 13.7. The Morgan fingerprint density at radius 3 is 2.83 bits per heavy atom. The molecule has 0 radical (unpaired) electrons. The van der Waals surface area contributed by atoms with Crippen molar-refractivity contribution in [3.63, 3.8) is 0 Å². The molecule has 2 N–H and O–H groups in total. The Hall–Kier alpha value is -1.65. The van der Waals surface area contributed by atoms with Crippen LogP contribution in [0.1, 0.15) is 30.8 Å². The molecule has 0 fully saturated rings. The first-order chi connectivity index (χ1) is 10.7. The number of aliphatic imine (C=N–C) groups is 1. The number of aromatic nitrogens is 4. The molecular weight excluding hydrogens is 409 g/mol. The summed E-state index contributed by atoms with van der Waals surface area (Å²) in [5.41, 5.74) is 1.07. The highest BCUT2D eigenvalue weighted by atomic mass is 127. The van der Waals surface area contributed by atoms with Crippen molar-refractivity contribution in [2.24, 2.45) is 12.0 Å². The predicted molar refractivity (Wildman–Crippen MR) is 98.8 cm³/mol. The Labute approximate surface area is 153 Å². The largest absolute Gasteiger partial charge is 0.357 e. The van der Waals surface area contributed by atoms with Gasteiger partial charge in [-0.1, -0.05) is 5.16 Å². The van der Waals surface area contributed by atoms with Gasteiger partial charge in [-0.3, -0.25) is 4.68 Å². The van der Waals surface area contributed by atoms with Gasteiger partial charge >= 0.3 is 0 Å². The first kappa shape index (κ1) is 19.4. The van der Waals surface area contributed by atoms with Crippen LogP contribution in [-0.4, -0.2) is 39.0 Å². The average molecular weight is 433 g/mol. The fourth-order valence-electron chi connectivity index (χ4n) is 1.95. The lowest BCUT2D eigenvalue weighted by molar-refractivity contribution is 0.372. The topological polar surface area (TPSA) is 93.2 Å². The second kappa shape index (κ2) is 10.2. The molecule has 0 atom stereocenters. The first-order valence-electron chi connectivity index (χ1n) is 7.47. The van der Waals surface area contributed by atoms with Crippen LogP contribution >= 0.6 is 24.0 Å². The van der Waals surface area contributed by atoms with Crippen LogP contribution in [0.25, 0.3) is 0 Å². The van der Waals surface area contributed by atoms with E-state index >= 15 is 0 Å². The zero-order chi connectivity index (χ0) is 15.8. The molecule has 23 heavy (non-hydrogen) atoms. The third kappa shape index (κ3) is 6.55. The standard InChI is InChI=1S/C14H23N7O.HI/c1-4-15-14(17-10-12-7-9-18-21(12)3)16-8-5-6-13-19-11(2)20-22-13;/h7,9H,4-6,8,10H2,1-3H3,(H2,15,16,17);1H. The van der Waals surface area contributed by atoms with Gasteiger partial charge in [-0.25, -0.2) is 4.99 Å². The number of nitrogens with zero attached hydrogens (tertiary/aromatic N) is 5. The normalized spacial score (nSPS) is 11.2. The lowest BCUT2D eigenvalue weighted by Crippen LogP contribution is -2.37. The van der Waals surface area contributed by atoms with Crippen molar-refractivity contribution >= 4 is 29.9 Å². The Morgan fingerprint density at radius 2 is 2.22 bits per heavy atom. The minimum atomic E-state index is 0. The number of hydrogen-bond acceptors (Lipinski definition) is 5. The third-order valence-electron chi connectivity index (χ3n) is 3.10. The molecule has 0 amide bonds. The summed E-state index contributed by atoms with van der Waals surface area (Å²) in [6.45, 7) is 6.06. The molecule has 128 valence electrons. The monoisotopic (exact) mass is 433 g/mol. The van der Waals surface area contributed by atoms with Gasteiger partial charge in [0.1, 0.15) is 0 Å². The average Bonchev–Trinajstić information content (AvgIpc) is 3.09. The van der Waals surface area contributed by atoms with Crippen LogP contribution in [0.5, 0.6) is 0 Å². The molecule has 2 aromatic heterocycles. The summed E-state index contributed by atoms with van der Waals surface area (Å²) < 4.78 is 6.91. The van der Waals surface area contributed by atoms with Crippen LogP contribution in [0.3, 0.4) is 0 Å². The first-order valence-corrected chi connectivity index (χ1v) is 7.47. The maximum Gasteiger partial charge on any atom is 0.226 e. The van der Waals surface area contributed by atoms with Gasteiger partial charge in [-0.05, 0) is 26.3 Å². The van der Waals surface area contributed by atoms with Gasteiger partial charge in [0.25, 0.3) is 0 Å². The summed E-state index contributed by atoms with van der Waals surface area (Å²) in [7, 11) is 1.91. The second-order valence-corrected chi connectivity index (χ2v) is 4.91. The van der Waals surface area contributed by atoms with Crippen molar-refractivity contribution < 1.29 is 4.52 Å². The van der Waals surface area contributed by atoms with Crippen LogP contribution in [-0.2, 0) is 20.0 Å². The van der Waals surface area contributed by atoms with Gasteiger partial charge < -0.3 is 15.2 Å². The van der Waals surface area contributed by atoms with Gasteiger partial charge in [-0.15, -0.1) is 24.0 Å². The van der Waals surface area contributed by atoms with Crippen LogP contribution in [0.15, 0.2) is 21.8 Å². The van der Waals surface area contributed by atoms with Crippen LogP contribution < -0.4 is 10.6 Å². The third-order valence-corrected chi connectivity index (χ3v) is 3.10. The highest BCUT2D eigenvalue weighted by Crippen LogP contribution is 2.00. The number of hydrogen-bond donors (Lipinski definition) is 2. The fourth-order valence-corrected chi connectivity index (χ4v) is 1.95.